The average molecular weight is 521 g/mol. The molecular weight excluding hydrogens is 476 g/mol. The van der Waals surface area contributed by atoms with Crippen molar-refractivity contribution in [3.05, 3.63) is 59.7 Å². The van der Waals surface area contributed by atoms with E-state index in [1.54, 1.807) is 30.3 Å². The fourth-order valence-corrected chi connectivity index (χ4v) is 5.06. The molecule has 0 spiro atoms. The van der Waals surface area contributed by atoms with Crippen molar-refractivity contribution in [1.29, 1.82) is 0 Å². The second-order valence-electron chi connectivity index (χ2n) is 10.5. The molecule has 2 aromatic rings. The topological polar surface area (TPSA) is 105 Å². The number of esters is 2. The van der Waals surface area contributed by atoms with Crippen molar-refractivity contribution in [2.75, 3.05) is 18.1 Å². The van der Waals surface area contributed by atoms with Gasteiger partial charge in [-0.05, 0) is 73.1 Å². The molecule has 0 atom stereocenters. The Labute approximate surface area is 227 Å². The minimum absolute atomic E-state index is 0.00580. The van der Waals surface area contributed by atoms with Crippen LogP contribution in [-0.4, -0.2) is 18.5 Å². The first kappa shape index (κ1) is 29.3. The zero-order valence-electron chi connectivity index (χ0n) is 22.8. The highest BCUT2D eigenvalue weighted by molar-refractivity contribution is 5.87. The van der Waals surface area contributed by atoms with E-state index in [1.807, 2.05) is 18.2 Å². The second-order valence-corrected chi connectivity index (χ2v) is 10.5. The van der Waals surface area contributed by atoms with E-state index in [-0.39, 0.29) is 18.5 Å². The molecule has 0 radical (unpaired) electrons. The number of benzene rings is 2. The second kappa shape index (κ2) is 15.9. The lowest BCUT2D eigenvalue weighted by molar-refractivity contribution is -0.140. The largest absolute Gasteiger partial charge is 0.462 e. The van der Waals surface area contributed by atoms with Gasteiger partial charge in [0.25, 0.3) is 0 Å². The predicted molar refractivity (Wildman–Crippen MR) is 154 cm³/mol. The van der Waals surface area contributed by atoms with Crippen molar-refractivity contribution in [2.45, 2.75) is 84.0 Å². The van der Waals surface area contributed by atoms with Crippen molar-refractivity contribution < 1.29 is 19.1 Å². The molecule has 3 rings (SSSR count). The van der Waals surface area contributed by atoms with Gasteiger partial charge in [0.2, 0.25) is 0 Å². The van der Waals surface area contributed by atoms with Crippen LogP contribution < -0.4 is 16.2 Å². The third-order valence-electron chi connectivity index (χ3n) is 7.44. The number of unbranched alkanes of at least 4 members (excludes halogenated alkanes) is 5. The molecule has 206 valence electrons. The lowest BCUT2D eigenvalue weighted by atomic mass is 9.80. The van der Waals surface area contributed by atoms with E-state index < -0.39 is 5.97 Å². The maximum Gasteiger partial charge on any atom is 0.330 e. The number of anilines is 2. The van der Waals surface area contributed by atoms with Gasteiger partial charge < -0.3 is 20.9 Å². The van der Waals surface area contributed by atoms with Crippen LogP contribution in [0.15, 0.2) is 48.5 Å². The van der Waals surface area contributed by atoms with Gasteiger partial charge in [-0.25, -0.2) is 4.79 Å². The molecule has 0 aliphatic heterocycles. The fraction of sp³-hybridized carbons (Fsp3) is 0.500. The third kappa shape index (κ3) is 10.2. The Morgan fingerprint density at radius 3 is 2.34 bits per heavy atom. The molecule has 1 saturated carbocycles. The Hall–Kier alpha value is -3.28. The summed E-state index contributed by atoms with van der Waals surface area (Å²) >= 11 is 0. The summed E-state index contributed by atoms with van der Waals surface area (Å²) in [4.78, 5) is 24.7. The molecule has 0 unspecified atom stereocenters. The Balaban J connectivity index is 1.33. The van der Waals surface area contributed by atoms with Crippen molar-refractivity contribution in [2.24, 2.45) is 11.8 Å². The van der Waals surface area contributed by atoms with Crippen LogP contribution in [0.25, 0.3) is 6.08 Å². The summed E-state index contributed by atoms with van der Waals surface area (Å²) in [5, 5.41) is 0. The van der Waals surface area contributed by atoms with E-state index in [1.165, 1.54) is 51.0 Å². The van der Waals surface area contributed by atoms with E-state index in [4.69, 9.17) is 20.9 Å². The quantitative estimate of drug-likeness (QED) is 0.0904. The van der Waals surface area contributed by atoms with Gasteiger partial charge in [-0.2, -0.15) is 0 Å². The van der Waals surface area contributed by atoms with Gasteiger partial charge in [-0.15, -0.1) is 0 Å². The van der Waals surface area contributed by atoms with Crippen molar-refractivity contribution in [3.63, 3.8) is 0 Å². The third-order valence-corrected chi connectivity index (χ3v) is 7.44. The first-order valence-electron chi connectivity index (χ1n) is 14.2. The van der Waals surface area contributed by atoms with Gasteiger partial charge in [-0.3, -0.25) is 4.79 Å². The molecule has 0 aromatic heterocycles. The highest BCUT2D eigenvalue weighted by Gasteiger charge is 2.27. The molecule has 0 saturated heterocycles. The minimum Gasteiger partial charge on any atom is -0.462 e. The summed E-state index contributed by atoms with van der Waals surface area (Å²) < 4.78 is 10.9. The van der Waals surface area contributed by atoms with Crippen LogP contribution in [0.2, 0.25) is 0 Å². The van der Waals surface area contributed by atoms with Crippen LogP contribution in [0.3, 0.4) is 0 Å². The van der Waals surface area contributed by atoms with E-state index in [9.17, 15) is 9.59 Å². The molecule has 2 aromatic carbocycles. The highest BCUT2D eigenvalue weighted by Crippen LogP contribution is 2.33. The van der Waals surface area contributed by atoms with Gasteiger partial charge in [0.1, 0.15) is 5.75 Å². The van der Waals surface area contributed by atoms with Gasteiger partial charge in [0.05, 0.1) is 12.5 Å². The molecular formula is C32H44N2O4. The van der Waals surface area contributed by atoms with Gasteiger partial charge >= 0.3 is 11.9 Å². The van der Waals surface area contributed by atoms with Crippen LogP contribution >= 0.6 is 0 Å². The zero-order valence-corrected chi connectivity index (χ0v) is 22.8. The Kier molecular flexibility index (Phi) is 12.2. The van der Waals surface area contributed by atoms with E-state index in [0.717, 1.165) is 42.7 Å². The summed E-state index contributed by atoms with van der Waals surface area (Å²) in [6, 6.07) is 12.5. The first-order chi connectivity index (χ1) is 18.4. The highest BCUT2D eigenvalue weighted by atomic mass is 16.5. The first-order valence-corrected chi connectivity index (χ1v) is 14.2. The maximum atomic E-state index is 12.7. The normalized spacial score (nSPS) is 17.4. The molecule has 6 heteroatoms. The monoisotopic (exact) mass is 520 g/mol. The molecule has 38 heavy (non-hydrogen) atoms. The fourth-order valence-electron chi connectivity index (χ4n) is 5.06. The van der Waals surface area contributed by atoms with Crippen LogP contribution in [0, 0.1) is 11.8 Å². The molecule has 1 fully saturated rings. The summed E-state index contributed by atoms with van der Waals surface area (Å²) in [7, 11) is 0. The van der Waals surface area contributed by atoms with E-state index in [2.05, 4.69) is 6.92 Å². The van der Waals surface area contributed by atoms with Gasteiger partial charge in [-0.1, -0.05) is 70.1 Å². The molecule has 6 nitrogen and oxygen atoms in total. The standard InChI is InChI=1S/C32H44N2O4/c1-2-3-4-5-6-7-8-24-9-14-27(15-10-24)32(36)38-29-18-11-25(12-19-29)13-20-31(35)37-22-21-26-16-17-28(33)23-30(26)34/h11-13,16-20,23-24,27H,2-10,14-15,21-22,33-34H2,1H3. The summed E-state index contributed by atoms with van der Waals surface area (Å²) in [5.74, 6) is 0.732. The summed E-state index contributed by atoms with van der Waals surface area (Å²) in [5.41, 5.74) is 14.5. The Bertz CT molecular complexity index is 1040. The van der Waals surface area contributed by atoms with Crippen molar-refractivity contribution in [3.8, 4) is 5.75 Å². The number of rotatable bonds is 14. The summed E-state index contributed by atoms with van der Waals surface area (Å²) in [6.07, 6.45) is 17.0. The molecule has 4 N–H and O–H groups in total. The predicted octanol–water partition coefficient (Wildman–Crippen LogP) is 7.11. The Morgan fingerprint density at radius 2 is 1.63 bits per heavy atom. The number of hydrogen-bond acceptors (Lipinski definition) is 6. The Morgan fingerprint density at radius 1 is 0.921 bits per heavy atom. The van der Waals surface area contributed by atoms with Crippen LogP contribution in [0.5, 0.6) is 5.75 Å². The number of ether oxygens (including phenoxy) is 2. The number of nitrogen functional groups attached to an aromatic ring is 2. The molecule has 0 amide bonds. The summed E-state index contributed by atoms with van der Waals surface area (Å²) in [6.45, 7) is 2.48. The number of hydrogen-bond donors (Lipinski definition) is 2. The number of nitrogens with two attached hydrogens (primary N) is 2. The van der Waals surface area contributed by atoms with Gasteiger partial charge in [0.15, 0.2) is 0 Å². The lowest BCUT2D eigenvalue weighted by Gasteiger charge is -2.27. The minimum atomic E-state index is -0.429. The smallest absolute Gasteiger partial charge is 0.330 e. The van der Waals surface area contributed by atoms with Crippen LogP contribution in [0.4, 0.5) is 11.4 Å². The zero-order chi connectivity index (χ0) is 27.2. The molecule has 0 heterocycles. The number of carbonyl (C=O) groups excluding carboxylic acids is 2. The van der Waals surface area contributed by atoms with Crippen LogP contribution in [0.1, 0.15) is 88.7 Å². The van der Waals surface area contributed by atoms with E-state index >= 15 is 0 Å². The SMILES string of the molecule is CCCCCCCCC1CCC(C(=O)Oc2ccc(C=CC(=O)OCCc3ccc(N)cc3N)cc2)CC1. The lowest BCUT2D eigenvalue weighted by Crippen LogP contribution is -2.25. The average Bonchev–Trinajstić information content (AvgIpc) is 2.92. The maximum absolute atomic E-state index is 12.7. The van der Waals surface area contributed by atoms with E-state index in [0.29, 0.717) is 23.5 Å². The van der Waals surface area contributed by atoms with Gasteiger partial charge in [0, 0.05) is 23.9 Å². The van der Waals surface area contributed by atoms with Crippen molar-refractivity contribution >= 4 is 29.4 Å². The molecule has 0 bridgehead atoms. The van der Waals surface area contributed by atoms with Crippen molar-refractivity contribution in [1.82, 2.24) is 0 Å². The molecule has 1 aliphatic carbocycles. The number of carbonyl (C=O) groups is 2. The van der Waals surface area contributed by atoms with Crippen LogP contribution in [-0.2, 0) is 20.7 Å². The molecule has 1 aliphatic rings.